The van der Waals surface area contributed by atoms with Crippen LogP contribution in [0, 0.1) is 0 Å². The molecule has 7 nitrogen and oxygen atoms in total. The van der Waals surface area contributed by atoms with Gasteiger partial charge in [0, 0.05) is 44.2 Å². The van der Waals surface area contributed by atoms with E-state index in [0.29, 0.717) is 32.1 Å². The van der Waals surface area contributed by atoms with Crippen LogP contribution in [-0.4, -0.2) is 53.6 Å². The minimum absolute atomic E-state index is 0.00583. The van der Waals surface area contributed by atoms with Crippen LogP contribution >= 0.6 is 11.3 Å². The molecule has 5 rings (SSSR count). The minimum Gasteiger partial charge on any atom is -0.497 e. The molecule has 33 heavy (non-hydrogen) atoms. The summed E-state index contributed by atoms with van der Waals surface area (Å²) in [4.78, 5) is 36.9. The Morgan fingerprint density at radius 2 is 1.82 bits per heavy atom. The maximum Gasteiger partial charge on any atom is 0.263 e. The first-order valence-corrected chi connectivity index (χ1v) is 12.2. The highest BCUT2D eigenvalue weighted by atomic mass is 32.1. The SMILES string of the molecule is COc1ccc(C=CC(=O)N2CCN(c3nc4sc5c(c4c(=O)n3C)CCCC5)CC2)cc1. The van der Waals surface area contributed by atoms with Crippen molar-refractivity contribution in [2.45, 2.75) is 25.7 Å². The summed E-state index contributed by atoms with van der Waals surface area (Å²) in [5, 5.41) is 0.818. The van der Waals surface area contributed by atoms with E-state index >= 15 is 0 Å². The van der Waals surface area contributed by atoms with E-state index in [0.717, 1.165) is 40.8 Å². The number of carbonyl (C=O) groups excluding carboxylic acids is 1. The van der Waals surface area contributed by atoms with Crippen LogP contribution in [0.2, 0.25) is 0 Å². The monoisotopic (exact) mass is 464 g/mol. The van der Waals surface area contributed by atoms with Crippen LogP contribution in [0.5, 0.6) is 5.75 Å². The standard InChI is InChI=1S/C25H28N4O3S/c1-27-24(31)22-19-5-3-4-6-20(19)33-23(22)26-25(27)29-15-13-28(14-16-29)21(30)12-9-17-7-10-18(32-2)11-8-17/h7-12H,3-6,13-16H2,1-2H3. The van der Waals surface area contributed by atoms with Crippen LogP contribution in [0.4, 0.5) is 5.95 Å². The highest BCUT2D eigenvalue weighted by Gasteiger charge is 2.26. The number of aromatic nitrogens is 2. The zero-order valence-electron chi connectivity index (χ0n) is 19.0. The van der Waals surface area contributed by atoms with Gasteiger partial charge in [-0.1, -0.05) is 12.1 Å². The largest absolute Gasteiger partial charge is 0.497 e. The number of aryl methyl sites for hydroxylation is 2. The van der Waals surface area contributed by atoms with Gasteiger partial charge in [0.25, 0.3) is 5.56 Å². The number of ether oxygens (including phenoxy) is 1. The van der Waals surface area contributed by atoms with E-state index < -0.39 is 0 Å². The molecule has 0 saturated carbocycles. The molecule has 172 valence electrons. The highest BCUT2D eigenvalue weighted by Crippen LogP contribution is 2.34. The number of benzene rings is 1. The van der Waals surface area contributed by atoms with E-state index in [1.54, 1.807) is 29.1 Å². The zero-order valence-corrected chi connectivity index (χ0v) is 19.9. The molecule has 1 aliphatic carbocycles. The van der Waals surface area contributed by atoms with Crippen molar-refractivity contribution in [3.05, 3.63) is 56.7 Å². The second kappa shape index (κ2) is 9.02. The molecule has 2 aliphatic rings. The van der Waals surface area contributed by atoms with E-state index in [1.165, 1.54) is 16.9 Å². The van der Waals surface area contributed by atoms with Crippen LogP contribution < -0.4 is 15.2 Å². The first-order chi connectivity index (χ1) is 16.0. The molecule has 0 spiro atoms. The summed E-state index contributed by atoms with van der Waals surface area (Å²) in [5.41, 5.74) is 2.23. The first-order valence-electron chi connectivity index (χ1n) is 11.4. The average Bonchev–Trinajstić information content (AvgIpc) is 3.24. The summed E-state index contributed by atoms with van der Waals surface area (Å²) in [6.07, 6.45) is 7.82. The number of hydrogen-bond donors (Lipinski definition) is 0. The Morgan fingerprint density at radius 1 is 1.09 bits per heavy atom. The van der Waals surface area contributed by atoms with Crippen LogP contribution in [-0.2, 0) is 24.7 Å². The highest BCUT2D eigenvalue weighted by molar-refractivity contribution is 7.18. The third-order valence-corrected chi connectivity index (χ3v) is 7.77. The fourth-order valence-corrected chi connectivity index (χ4v) is 5.92. The topological polar surface area (TPSA) is 67.7 Å². The quantitative estimate of drug-likeness (QED) is 0.555. The van der Waals surface area contributed by atoms with Gasteiger partial charge in [0.15, 0.2) is 0 Å². The molecular formula is C25H28N4O3S. The van der Waals surface area contributed by atoms with Gasteiger partial charge >= 0.3 is 0 Å². The number of anilines is 1. The van der Waals surface area contributed by atoms with Gasteiger partial charge in [-0.25, -0.2) is 4.98 Å². The second-order valence-electron chi connectivity index (χ2n) is 8.59. The van der Waals surface area contributed by atoms with Crippen LogP contribution in [0.15, 0.2) is 35.1 Å². The smallest absolute Gasteiger partial charge is 0.263 e. The third kappa shape index (κ3) is 4.15. The Morgan fingerprint density at radius 3 is 2.55 bits per heavy atom. The van der Waals surface area contributed by atoms with E-state index in [1.807, 2.05) is 42.3 Å². The Labute approximate surface area is 196 Å². The molecule has 0 radical (unpaired) electrons. The van der Waals surface area contributed by atoms with Crippen molar-refractivity contribution >= 4 is 39.5 Å². The maximum atomic E-state index is 13.2. The van der Waals surface area contributed by atoms with Crippen LogP contribution in [0.3, 0.4) is 0 Å². The molecule has 0 atom stereocenters. The molecule has 3 heterocycles. The number of rotatable bonds is 4. The van der Waals surface area contributed by atoms with Crippen molar-refractivity contribution in [3.63, 3.8) is 0 Å². The lowest BCUT2D eigenvalue weighted by molar-refractivity contribution is -0.126. The Balaban J connectivity index is 1.28. The van der Waals surface area contributed by atoms with Crippen LogP contribution in [0.25, 0.3) is 16.3 Å². The molecule has 0 N–H and O–H groups in total. The van der Waals surface area contributed by atoms with Crippen molar-refractivity contribution in [2.24, 2.45) is 7.05 Å². The lowest BCUT2D eigenvalue weighted by atomic mass is 9.97. The number of thiophene rings is 1. The van der Waals surface area contributed by atoms with Crippen LogP contribution in [0.1, 0.15) is 28.8 Å². The van der Waals surface area contributed by atoms with Gasteiger partial charge in [0.1, 0.15) is 10.6 Å². The Kier molecular flexibility index (Phi) is 5.93. The normalized spacial score (nSPS) is 16.4. The van der Waals surface area contributed by atoms with E-state index in [-0.39, 0.29) is 11.5 Å². The molecule has 1 aliphatic heterocycles. The molecule has 1 aromatic carbocycles. The van der Waals surface area contributed by atoms with Gasteiger partial charge in [-0.15, -0.1) is 11.3 Å². The molecular weight excluding hydrogens is 436 g/mol. The number of carbonyl (C=O) groups is 1. The second-order valence-corrected chi connectivity index (χ2v) is 9.67. The van der Waals surface area contributed by atoms with E-state index in [4.69, 9.17) is 9.72 Å². The third-order valence-electron chi connectivity index (χ3n) is 6.58. The summed E-state index contributed by atoms with van der Waals surface area (Å²) in [5.74, 6) is 1.49. The summed E-state index contributed by atoms with van der Waals surface area (Å²) < 4.78 is 6.85. The first kappa shape index (κ1) is 21.7. The van der Waals surface area contributed by atoms with Crippen molar-refractivity contribution < 1.29 is 9.53 Å². The molecule has 3 aromatic rings. The van der Waals surface area contributed by atoms with E-state index in [2.05, 4.69) is 4.90 Å². The molecule has 1 fully saturated rings. The Hall–Kier alpha value is -3.13. The predicted molar refractivity (Wildman–Crippen MR) is 132 cm³/mol. The number of amides is 1. The number of methoxy groups -OCH3 is 1. The molecule has 2 aromatic heterocycles. The lowest BCUT2D eigenvalue weighted by Gasteiger charge is -2.35. The summed E-state index contributed by atoms with van der Waals surface area (Å²) >= 11 is 1.68. The molecule has 1 saturated heterocycles. The summed E-state index contributed by atoms with van der Waals surface area (Å²) in [7, 11) is 3.44. The van der Waals surface area contributed by atoms with Crippen molar-refractivity contribution in [1.29, 1.82) is 0 Å². The average molecular weight is 465 g/mol. The van der Waals surface area contributed by atoms with E-state index in [9.17, 15) is 9.59 Å². The van der Waals surface area contributed by atoms with Crippen molar-refractivity contribution in [1.82, 2.24) is 14.5 Å². The van der Waals surface area contributed by atoms with Crippen molar-refractivity contribution in [2.75, 3.05) is 38.2 Å². The Bertz CT molecular complexity index is 1270. The van der Waals surface area contributed by atoms with Gasteiger partial charge in [0.05, 0.1) is 12.5 Å². The van der Waals surface area contributed by atoms with Gasteiger partial charge in [0.2, 0.25) is 11.9 Å². The summed E-state index contributed by atoms with van der Waals surface area (Å²) in [6.45, 7) is 2.50. The number of fused-ring (bicyclic) bond motifs is 3. The number of nitrogens with zero attached hydrogens (tertiary/aromatic N) is 4. The van der Waals surface area contributed by atoms with Gasteiger partial charge in [-0.05, 0) is 55.0 Å². The minimum atomic E-state index is -0.00583. The molecule has 0 bridgehead atoms. The molecule has 1 amide bonds. The molecule has 8 heteroatoms. The fourth-order valence-electron chi connectivity index (χ4n) is 4.67. The van der Waals surface area contributed by atoms with Gasteiger partial charge < -0.3 is 14.5 Å². The lowest BCUT2D eigenvalue weighted by Crippen LogP contribution is -2.49. The maximum absolute atomic E-state index is 13.2. The van der Waals surface area contributed by atoms with Gasteiger partial charge in [-0.3, -0.25) is 14.2 Å². The zero-order chi connectivity index (χ0) is 22.9. The summed E-state index contributed by atoms with van der Waals surface area (Å²) in [6, 6.07) is 7.60. The van der Waals surface area contributed by atoms with Crippen molar-refractivity contribution in [3.8, 4) is 5.75 Å². The predicted octanol–water partition coefficient (Wildman–Crippen LogP) is 3.24. The molecule has 0 unspecified atom stereocenters. The van der Waals surface area contributed by atoms with Gasteiger partial charge in [-0.2, -0.15) is 0 Å². The fraction of sp³-hybridized carbons (Fsp3) is 0.400. The number of piperazine rings is 1. The number of hydrogen-bond acceptors (Lipinski definition) is 6.